The quantitative estimate of drug-likeness (QED) is 0.868. The lowest BCUT2D eigenvalue weighted by Gasteiger charge is -2.31. The third kappa shape index (κ3) is 2.87. The van der Waals surface area contributed by atoms with Crippen LogP contribution in [0, 0.1) is 12.8 Å². The largest absolute Gasteiger partial charge is 0.330 e. The van der Waals surface area contributed by atoms with Crippen LogP contribution in [0.5, 0.6) is 0 Å². The molecule has 0 amide bonds. The van der Waals surface area contributed by atoms with Gasteiger partial charge in [0.05, 0.1) is 11.5 Å². The van der Waals surface area contributed by atoms with Crippen LogP contribution in [0.25, 0.3) is 0 Å². The van der Waals surface area contributed by atoms with E-state index in [0.717, 1.165) is 5.56 Å². The Hall–Kier alpha value is -0.870. The standard InChI is InChI=1S/C13H19NO2S/c1-10-3-2-4-11(7-10)13-9-17(15,16)6-5-12(13)8-14/h2-4,7,12-13H,5-6,8-9,14H2,1H3. The monoisotopic (exact) mass is 253 g/mol. The van der Waals surface area contributed by atoms with Gasteiger partial charge >= 0.3 is 0 Å². The fourth-order valence-electron chi connectivity index (χ4n) is 2.58. The Morgan fingerprint density at radius 1 is 1.41 bits per heavy atom. The zero-order valence-corrected chi connectivity index (χ0v) is 10.9. The van der Waals surface area contributed by atoms with E-state index in [1.807, 2.05) is 25.1 Å². The molecule has 1 aromatic rings. The van der Waals surface area contributed by atoms with E-state index in [4.69, 9.17) is 5.73 Å². The van der Waals surface area contributed by atoms with Crippen molar-refractivity contribution in [3.05, 3.63) is 35.4 Å². The molecule has 4 heteroatoms. The SMILES string of the molecule is Cc1cccc(C2CS(=O)(=O)CCC2CN)c1. The molecule has 3 nitrogen and oxygen atoms in total. The Morgan fingerprint density at radius 3 is 2.82 bits per heavy atom. The minimum Gasteiger partial charge on any atom is -0.330 e. The summed E-state index contributed by atoms with van der Waals surface area (Å²) in [6.07, 6.45) is 0.692. The van der Waals surface area contributed by atoms with Crippen LogP contribution in [0.2, 0.25) is 0 Å². The molecule has 0 bridgehead atoms. The normalized spacial score (nSPS) is 27.9. The van der Waals surface area contributed by atoms with E-state index < -0.39 is 9.84 Å². The predicted octanol–water partition coefficient (Wildman–Crippen LogP) is 1.47. The molecule has 1 aromatic carbocycles. The van der Waals surface area contributed by atoms with Crippen molar-refractivity contribution in [2.24, 2.45) is 11.7 Å². The summed E-state index contributed by atoms with van der Waals surface area (Å²) in [5.74, 6) is 0.897. The number of rotatable bonds is 2. The van der Waals surface area contributed by atoms with Crippen LogP contribution < -0.4 is 5.73 Å². The second-order valence-electron chi connectivity index (χ2n) is 4.92. The highest BCUT2D eigenvalue weighted by Gasteiger charge is 2.33. The highest BCUT2D eigenvalue weighted by atomic mass is 32.2. The number of benzene rings is 1. The summed E-state index contributed by atoms with van der Waals surface area (Å²) in [6.45, 7) is 2.59. The molecular formula is C13H19NO2S. The molecule has 0 spiro atoms. The highest BCUT2D eigenvalue weighted by Crippen LogP contribution is 2.33. The summed E-state index contributed by atoms with van der Waals surface area (Å²) in [6, 6.07) is 8.10. The molecule has 2 atom stereocenters. The van der Waals surface area contributed by atoms with Crippen LogP contribution in [-0.2, 0) is 9.84 Å². The molecule has 1 saturated heterocycles. The average Bonchev–Trinajstić information content (AvgIpc) is 2.28. The van der Waals surface area contributed by atoms with Crippen molar-refractivity contribution in [1.82, 2.24) is 0 Å². The first-order valence-corrected chi connectivity index (χ1v) is 7.81. The van der Waals surface area contributed by atoms with Crippen molar-refractivity contribution >= 4 is 9.84 Å². The van der Waals surface area contributed by atoms with Gasteiger partial charge in [-0.2, -0.15) is 0 Å². The molecule has 1 aliphatic heterocycles. The number of hydrogen-bond acceptors (Lipinski definition) is 3. The van der Waals surface area contributed by atoms with Gasteiger partial charge in [-0.3, -0.25) is 0 Å². The molecule has 0 aliphatic carbocycles. The lowest BCUT2D eigenvalue weighted by atomic mass is 9.85. The molecular weight excluding hydrogens is 234 g/mol. The summed E-state index contributed by atoms with van der Waals surface area (Å²) in [5, 5.41) is 0. The van der Waals surface area contributed by atoms with Gasteiger partial charge < -0.3 is 5.73 Å². The molecule has 2 rings (SSSR count). The van der Waals surface area contributed by atoms with Gasteiger partial charge in [-0.25, -0.2) is 8.42 Å². The zero-order chi connectivity index (χ0) is 12.5. The van der Waals surface area contributed by atoms with Gasteiger partial charge in [0.1, 0.15) is 0 Å². The van der Waals surface area contributed by atoms with Crippen molar-refractivity contribution in [3.8, 4) is 0 Å². The third-order valence-electron chi connectivity index (χ3n) is 3.58. The number of hydrogen-bond donors (Lipinski definition) is 1. The van der Waals surface area contributed by atoms with E-state index in [0.29, 0.717) is 18.9 Å². The summed E-state index contributed by atoms with van der Waals surface area (Å²) >= 11 is 0. The second-order valence-corrected chi connectivity index (χ2v) is 7.15. The first-order chi connectivity index (χ1) is 8.02. The fraction of sp³-hybridized carbons (Fsp3) is 0.538. The maximum absolute atomic E-state index is 11.7. The lowest BCUT2D eigenvalue weighted by molar-refractivity contribution is 0.421. The zero-order valence-electron chi connectivity index (χ0n) is 10.1. The molecule has 1 fully saturated rings. The number of nitrogens with two attached hydrogens (primary N) is 1. The maximum atomic E-state index is 11.7. The van der Waals surface area contributed by atoms with Crippen LogP contribution in [0.4, 0.5) is 0 Å². The molecule has 1 heterocycles. The summed E-state index contributed by atoms with van der Waals surface area (Å²) in [4.78, 5) is 0. The van der Waals surface area contributed by atoms with E-state index in [1.165, 1.54) is 5.56 Å². The Kier molecular flexibility index (Phi) is 3.54. The van der Waals surface area contributed by atoms with Crippen molar-refractivity contribution in [2.45, 2.75) is 19.3 Å². The van der Waals surface area contributed by atoms with E-state index >= 15 is 0 Å². The molecule has 94 valence electrons. The molecule has 17 heavy (non-hydrogen) atoms. The summed E-state index contributed by atoms with van der Waals surface area (Å²) in [7, 11) is -2.89. The second kappa shape index (κ2) is 4.78. The molecule has 0 saturated carbocycles. The van der Waals surface area contributed by atoms with Gasteiger partial charge in [-0.05, 0) is 31.4 Å². The van der Waals surface area contributed by atoms with Crippen molar-refractivity contribution in [2.75, 3.05) is 18.1 Å². The summed E-state index contributed by atoms with van der Waals surface area (Å²) in [5.41, 5.74) is 8.05. The van der Waals surface area contributed by atoms with Gasteiger partial charge in [0.25, 0.3) is 0 Å². The Labute approximate surface area is 103 Å². The molecule has 2 unspecified atom stereocenters. The molecule has 2 N–H and O–H groups in total. The first kappa shape index (κ1) is 12.6. The Balaban J connectivity index is 2.33. The van der Waals surface area contributed by atoms with Crippen LogP contribution in [0.1, 0.15) is 23.5 Å². The maximum Gasteiger partial charge on any atom is 0.150 e. The minimum absolute atomic E-state index is 0.0682. The smallest absolute Gasteiger partial charge is 0.150 e. The van der Waals surface area contributed by atoms with E-state index in [9.17, 15) is 8.42 Å². The van der Waals surface area contributed by atoms with Crippen LogP contribution in [-0.4, -0.2) is 26.5 Å². The molecule has 1 aliphatic rings. The van der Waals surface area contributed by atoms with Crippen molar-refractivity contribution in [1.29, 1.82) is 0 Å². The average molecular weight is 253 g/mol. The Morgan fingerprint density at radius 2 is 2.18 bits per heavy atom. The van der Waals surface area contributed by atoms with Gasteiger partial charge in [0, 0.05) is 5.92 Å². The first-order valence-electron chi connectivity index (χ1n) is 5.99. The fourth-order valence-corrected chi connectivity index (χ4v) is 4.42. The van der Waals surface area contributed by atoms with E-state index in [1.54, 1.807) is 0 Å². The van der Waals surface area contributed by atoms with Crippen LogP contribution in [0.3, 0.4) is 0 Å². The van der Waals surface area contributed by atoms with Gasteiger partial charge in [0.2, 0.25) is 0 Å². The van der Waals surface area contributed by atoms with Crippen LogP contribution >= 0.6 is 0 Å². The van der Waals surface area contributed by atoms with Crippen molar-refractivity contribution < 1.29 is 8.42 Å². The van der Waals surface area contributed by atoms with Gasteiger partial charge in [-0.15, -0.1) is 0 Å². The topological polar surface area (TPSA) is 60.2 Å². The lowest BCUT2D eigenvalue weighted by Crippen LogP contribution is -2.35. The molecule has 0 radical (unpaired) electrons. The Bertz CT molecular complexity index is 496. The van der Waals surface area contributed by atoms with Gasteiger partial charge in [0.15, 0.2) is 9.84 Å². The van der Waals surface area contributed by atoms with E-state index in [2.05, 4.69) is 6.07 Å². The highest BCUT2D eigenvalue weighted by molar-refractivity contribution is 7.91. The van der Waals surface area contributed by atoms with E-state index in [-0.39, 0.29) is 17.4 Å². The van der Waals surface area contributed by atoms with Gasteiger partial charge in [-0.1, -0.05) is 29.8 Å². The van der Waals surface area contributed by atoms with Crippen molar-refractivity contribution in [3.63, 3.8) is 0 Å². The number of sulfone groups is 1. The predicted molar refractivity (Wildman–Crippen MR) is 69.7 cm³/mol. The third-order valence-corrected chi connectivity index (χ3v) is 5.30. The minimum atomic E-state index is -2.89. The van der Waals surface area contributed by atoms with Crippen LogP contribution in [0.15, 0.2) is 24.3 Å². The molecule has 0 aromatic heterocycles. The number of aryl methyl sites for hydroxylation is 1. The summed E-state index contributed by atoms with van der Waals surface area (Å²) < 4.78 is 23.5.